The van der Waals surface area contributed by atoms with E-state index in [1.54, 1.807) is 19.2 Å². The first-order valence-electron chi connectivity index (χ1n) is 18.1. The Morgan fingerprint density at radius 3 is 2.46 bits per heavy atom. The molecular weight excluding hydrogens is 734 g/mol. The van der Waals surface area contributed by atoms with Crippen LogP contribution in [-0.4, -0.2) is 122 Å². The van der Waals surface area contributed by atoms with Crippen LogP contribution in [0.3, 0.4) is 0 Å². The number of hydrogen-bond donors (Lipinski definition) is 4. The number of piperazine rings is 1. The fourth-order valence-electron chi connectivity index (χ4n) is 6.96. The number of carbonyl (C=O) groups is 1. The largest absolute Gasteiger partial charge is 0.494 e. The Hall–Kier alpha value is -4.55. The molecule has 18 heteroatoms. The van der Waals surface area contributed by atoms with Crippen LogP contribution in [0.2, 0.25) is 5.02 Å². The number of piperidine rings is 1. The average molecular weight is 782 g/mol. The third-order valence-electron chi connectivity index (χ3n) is 9.66. The number of anilines is 6. The fourth-order valence-corrected chi connectivity index (χ4v) is 7.68. The molecule has 2 aliphatic heterocycles. The molecule has 0 radical (unpaired) electrons. The van der Waals surface area contributed by atoms with E-state index in [2.05, 4.69) is 64.1 Å². The molecule has 290 valence electrons. The van der Waals surface area contributed by atoms with Crippen molar-refractivity contribution in [2.75, 3.05) is 92.6 Å². The normalized spacial score (nSPS) is 15.7. The number of nitrogens with one attached hydrogen (secondary N) is 3. The van der Waals surface area contributed by atoms with Crippen LogP contribution in [0.5, 0.6) is 5.75 Å². The number of benzene rings is 2. The monoisotopic (exact) mass is 781 g/mol. The second kappa shape index (κ2) is 17.7. The molecule has 16 nitrogen and oxygen atoms in total. The van der Waals surface area contributed by atoms with Gasteiger partial charge in [0.15, 0.2) is 5.82 Å². The Labute approximate surface area is 320 Å². The van der Waals surface area contributed by atoms with E-state index in [0.29, 0.717) is 60.4 Å². The third kappa shape index (κ3) is 9.57. The van der Waals surface area contributed by atoms with Crippen LogP contribution in [0.4, 0.5) is 34.5 Å². The predicted molar refractivity (Wildman–Crippen MR) is 212 cm³/mol. The Bertz CT molecular complexity index is 2040. The predicted octanol–water partition coefficient (Wildman–Crippen LogP) is 3.98. The molecule has 0 atom stereocenters. The molecular formula is C36H48ClN11O5S. The van der Waals surface area contributed by atoms with Gasteiger partial charge in [-0.25, -0.2) is 13.4 Å². The van der Waals surface area contributed by atoms with Gasteiger partial charge in [-0.15, -0.1) is 0 Å². The number of carbonyl (C=O) groups excluding carboxylic acids is 1. The van der Waals surface area contributed by atoms with Gasteiger partial charge in [0.25, 0.3) is 0 Å². The number of nitrogens with two attached hydrogens (primary N) is 1. The summed E-state index contributed by atoms with van der Waals surface area (Å²) in [7, 11) is -2.02. The van der Waals surface area contributed by atoms with Crippen molar-refractivity contribution in [2.24, 2.45) is 5.73 Å². The van der Waals surface area contributed by atoms with Crippen molar-refractivity contribution in [3.05, 3.63) is 53.4 Å². The van der Waals surface area contributed by atoms with Crippen molar-refractivity contribution in [1.29, 1.82) is 0 Å². The van der Waals surface area contributed by atoms with Gasteiger partial charge in [0.1, 0.15) is 16.3 Å². The molecule has 0 unspecified atom stereocenters. The minimum Gasteiger partial charge on any atom is -0.494 e. The molecule has 0 spiro atoms. The highest BCUT2D eigenvalue weighted by molar-refractivity contribution is 7.92. The molecule has 2 saturated heterocycles. The highest BCUT2D eigenvalue weighted by Gasteiger charge is 2.30. The zero-order valence-electron chi connectivity index (χ0n) is 30.8. The van der Waals surface area contributed by atoms with Crippen molar-refractivity contribution in [3.8, 4) is 5.75 Å². The molecule has 6 rings (SSSR count). The maximum atomic E-state index is 12.6. The molecule has 0 aliphatic carbocycles. The summed E-state index contributed by atoms with van der Waals surface area (Å²) in [6.45, 7) is 8.58. The number of halogens is 1. The SMILES string of the molecule is CCc1cc(Nc2ncc(Cl)c(Nc3ccc4nccnc4c3NS(C)(=O)=O)n2)c(OC)cc1N1CCC(N2CCN(C(=O)CCOCCN)CC2)CC1. The second-order valence-corrected chi connectivity index (χ2v) is 15.4. The summed E-state index contributed by atoms with van der Waals surface area (Å²) < 4.78 is 38.4. The van der Waals surface area contributed by atoms with Crippen molar-refractivity contribution < 1.29 is 22.7 Å². The quantitative estimate of drug-likeness (QED) is 0.127. The van der Waals surface area contributed by atoms with Gasteiger partial charge in [-0.2, -0.15) is 4.98 Å². The summed E-state index contributed by atoms with van der Waals surface area (Å²) in [6, 6.07) is 8.02. The Kier molecular flexibility index (Phi) is 12.9. The van der Waals surface area contributed by atoms with Crippen LogP contribution in [0.25, 0.3) is 11.0 Å². The summed E-state index contributed by atoms with van der Waals surface area (Å²) >= 11 is 6.53. The first-order valence-corrected chi connectivity index (χ1v) is 20.4. The van der Waals surface area contributed by atoms with E-state index >= 15 is 0 Å². The van der Waals surface area contributed by atoms with Crippen LogP contribution in [0.1, 0.15) is 31.7 Å². The molecule has 54 heavy (non-hydrogen) atoms. The van der Waals surface area contributed by atoms with Gasteiger partial charge in [-0.05, 0) is 43.0 Å². The molecule has 1 amide bonds. The van der Waals surface area contributed by atoms with Crippen molar-refractivity contribution in [3.63, 3.8) is 0 Å². The Morgan fingerprint density at radius 1 is 1.00 bits per heavy atom. The standard InChI is InChI=1S/C36H48ClN11O5S/c1-4-24-21-29(43-36-41-23-26(37)35(44-36)42-28-6-5-27-33(40-12-11-39-27)34(28)45-54(3,50)51)31(52-2)22-30(24)47-13-7-25(8-14-47)46-15-17-48(18-16-46)32(49)9-19-53-20-10-38/h5-6,11-12,21-23,25,45H,4,7-10,13-20,38H2,1-3H3,(H2,41,42,43,44). The highest BCUT2D eigenvalue weighted by Crippen LogP contribution is 2.38. The van der Waals surface area contributed by atoms with E-state index in [1.807, 2.05) is 4.90 Å². The van der Waals surface area contributed by atoms with Gasteiger partial charge >= 0.3 is 0 Å². The zero-order chi connectivity index (χ0) is 38.2. The molecule has 2 aromatic carbocycles. The maximum Gasteiger partial charge on any atom is 0.229 e. The Balaban J connectivity index is 1.12. The lowest BCUT2D eigenvalue weighted by Crippen LogP contribution is -2.54. The zero-order valence-corrected chi connectivity index (χ0v) is 32.4. The number of aromatic nitrogens is 4. The van der Waals surface area contributed by atoms with E-state index in [9.17, 15) is 13.2 Å². The number of fused-ring (bicyclic) bond motifs is 1. The molecule has 2 aromatic heterocycles. The van der Waals surface area contributed by atoms with E-state index in [4.69, 9.17) is 26.8 Å². The van der Waals surface area contributed by atoms with Gasteiger partial charge in [-0.3, -0.25) is 24.4 Å². The van der Waals surface area contributed by atoms with Crippen LogP contribution < -0.4 is 30.7 Å². The van der Waals surface area contributed by atoms with Crippen molar-refractivity contribution in [2.45, 2.75) is 38.6 Å². The van der Waals surface area contributed by atoms with Crippen LogP contribution >= 0.6 is 11.6 Å². The van der Waals surface area contributed by atoms with Gasteiger partial charge in [0.2, 0.25) is 21.9 Å². The smallest absolute Gasteiger partial charge is 0.229 e. The number of sulfonamides is 1. The maximum absolute atomic E-state index is 12.6. The number of amides is 1. The number of ether oxygens (including phenoxy) is 2. The lowest BCUT2D eigenvalue weighted by Gasteiger charge is -2.43. The van der Waals surface area contributed by atoms with E-state index in [-0.39, 0.29) is 28.4 Å². The molecule has 0 bridgehead atoms. The van der Waals surface area contributed by atoms with Gasteiger partial charge in [0, 0.05) is 76.0 Å². The minimum absolute atomic E-state index is 0.148. The first kappa shape index (κ1) is 39.2. The number of nitrogens with zero attached hydrogens (tertiary/aromatic N) is 7. The highest BCUT2D eigenvalue weighted by atomic mass is 35.5. The molecule has 2 aliphatic rings. The van der Waals surface area contributed by atoms with E-state index < -0.39 is 10.0 Å². The average Bonchev–Trinajstić information content (AvgIpc) is 3.18. The number of aryl methyl sites for hydroxylation is 1. The first-order chi connectivity index (χ1) is 26.1. The topological polar surface area (TPSA) is 193 Å². The van der Waals surface area contributed by atoms with Crippen LogP contribution in [-0.2, 0) is 26.0 Å². The molecule has 5 N–H and O–H groups in total. The number of hydrogen-bond acceptors (Lipinski definition) is 14. The molecule has 2 fully saturated rings. The molecule has 4 aromatic rings. The van der Waals surface area contributed by atoms with Gasteiger partial charge in [-0.1, -0.05) is 18.5 Å². The summed E-state index contributed by atoms with van der Waals surface area (Å²) in [6.07, 6.45) is 8.82. The van der Waals surface area contributed by atoms with Crippen LogP contribution in [0, 0.1) is 0 Å². The summed E-state index contributed by atoms with van der Waals surface area (Å²) in [5.41, 5.74) is 9.93. The van der Waals surface area contributed by atoms with Gasteiger partial charge < -0.3 is 35.6 Å². The summed E-state index contributed by atoms with van der Waals surface area (Å²) in [5.74, 6) is 1.30. The minimum atomic E-state index is -3.66. The molecule has 4 heterocycles. The lowest BCUT2D eigenvalue weighted by molar-refractivity contribution is -0.134. The van der Waals surface area contributed by atoms with Crippen LogP contribution in [0.15, 0.2) is 42.9 Å². The number of rotatable bonds is 15. The van der Waals surface area contributed by atoms with E-state index in [0.717, 1.165) is 76.0 Å². The summed E-state index contributed by atoms with van der Waals surface area (Å²) in [5, 5.41) is 6.67. The Morgan fingerprint density at radius 2 is 1.76 bits per heavy atom. The lowest BCUT2D eigenvalue weighted by atomic mass is 9.99. The molecule has 0 saturated carbocycles. The van der Waals surface area contributed by atoms with Crippen molar-refractivity contribution >= 4 is 73.1 Å². The number of methoxy groups -OCH3 is 1. The fraction of sp³-hybridized carbons (Fsp3) is 0.472. The van der Waals surface area contributed by atoms with E-state index in [1.165, 1.54) is 18.6 Å². The summed E-state index contributed by atoms with van der Waals surface area (Å²) in [4.78, 5) is 37.2. The van der Waals surface area contributed by atoms with Gasteiger partial charge in [0.05, 0.1) is 61.8 Å². The second-order valence-electron chi connectivity index (χ2n) is 13.2. The third-order valence-corrected chi connectivity index (χ3v) is 10.5. The van der Waals surface area contributed by atoms with Crippen molar-refractivity contribution in [1.82, 2.24) is 29.7 Å².